The van der Waals surface area contributed by atoms with Gasteiger partial charge in [-0.25, -0.2) is 4.98 Å². The van der Waals surface area contributed by atoms with Gasteiger partial charge in [0, 0.05) is 16.1 Å². The van der Waals surface area contributed by atoms with Crippen LogP contribution in [0.5, 0.6) is 5.75 Å². The highest BCUT2D eigenvalue weighted by Crippen LogP contribution is 2.20. The third-order valence-electron chi connectivity index (χ3n) is 2.01. The molecule has 0 unspecified atom stereocenters. The molecule has 5 heteroatoms. The van der Waals surface area contributed by atoms with Crippen molar-refractivity contribution in [3.8, 4) is 11.8 Å². The molecule has 0 aliphatic rings. The first-order valence-corrected chi connectivity index (χ1v) is 6.16. The molecular weight excluding hydrogens is 256 g/mol. The zero-order valence-electron chi connectivity index (χ0n) is 8.89. The third-order valence-corrected chi connectivity index (χ3v) is 3.22. The van der Waals surface area contributed by atoms with E-state index in [0.717, 1.165) is 15.6 Å². The second-order valence-electron chi connectivity index (χ2n) is 3.30. The predicted octanol–water partition coefficient (Wildman–Crippen LogP) is 3.44. The lowest BCUT2D eigenvalue weighted by molar-refractivity contribution is 0.305. The molecule has 0 aliphatic heterocycles. The van der Waals surface area contributed by atoms with E-state index in [2.05, 4.69) is 11.1 Å². The van der Waals surface area contributed by atoms with E-state index in [1.807, 2.05) is 12.1 Å². The number of aromatic nitrogens is 1. The van der Waals surface area contributed by atoms with E-state index in [1.54, 1.807) is 18.3 Å². The van der Waals surface area contributed by atoms with Crippen LogP contribution < -0.4 is 4.74 Å². The first-order valence-electron chi connectivity index (χ1n) is 4.97. The molecule has 0 radical (unpaired) electrons. The number of halogens is 1. The maximum Gasteiger partial charge on any atom is 0.140 e. The Morgan fingerprint density at radius 1 is 1.47 bits per heavy atom. The van der Waals surface area contributed by atoms with Crippen molar-refractivity contribution in [3.63, 3.8) is 0 Å². The number of rotatable bonds is 4. The van der Waals surface area contributed by atoms with Crippen LogP contribution in [0.2, 0.25) is 5.02 Å². The van der Waals surface area contributed by atoms with Gasteiger partial charge in [-0.2, -0.15) is 5.26 Å². The van der Waals surface area contributed by atoms with E-state index >= 15 is 0 Å². The highest BCUT2D eigenvalue weighted by Gasteiger charge is 2.03. The molecule has 86 valence electrons. The van der Waals surface area contributed by atoms with Crippen molar-refractivity contribution in [1.82, 2.24) is 4.98 Å². The normalized spacial score (nSPS) is 9.88. The Labute approximate surface area is 108 Å². The van der Waals surface area contributed by atoms with Crippen LogP contribution in [0, 0.1) is 11.3 Å². The standard InChI is InChI=1S/C12H9ClN2OS/c13-9-2-1-3-10(6-9)16-8-12-15-7-11(17-12)4-5-14/h1-3,6-7H,4,8H2. The maximum atomic E-state index is 8.55. The van der Waals surface area contributed by atoms with Crippen molar-refractivity contribution < 1.29 is 4.74 Å². The second-order valence-corrected chi connectivity index (χ2v) is 4.94. The molecule has 17 heavy (non-hydrogen) atoms. The molecule has 3 nitrogen and oxygen atoms in total. The summed E-state index contributed by atoms with van der Waals surface area (Å²) in [5, 5.41) is 10.1. The molecule has 1 heterocycles. The van der Waals surface area contributed by atoms with Gasteiger partial charge in [-0.15, -0.1) is 11.3 Å². The highest BCUT2D eigenvalue weighted by molar-refractivity contribution is 7.11. The van der Waals surface area contributed by atoms with Gasteiger partial charge in [0.2, 0.25) is 0 Å². The SMILES string of the molecule is N#CCc1cnc(COc2cccc(Cl)c2)s1. The van der Waals surface area contributed by atoms with Crippen LogP contribution >= 0.6 is 22.9 Å². The summed E-state index contributed by atoms with van der Waals surface area (Å²) in [6, 6.07) is 9.32. The molecule has 0 N–H and O–H groups in total. The largest absolute Gasteiger partial charge is 0.486 e. The molecule has 0 spiro atoms. The fourth-order valence-corrected chi connectivity index (χ4v) is 2.22. The minimum atomic E-state index is 0.398. The lowest BCUT2D eigenvalue weighted by Crippen LogP contribution is -1.93. The van der Waals surface area contributed by atoms with Crippen molar-refractivity contribution >= 4 is 22.9 Å². The van der Waals surface area contributed by atoms with Crippen molar-refractivity contribution in [3.05, 3.63) is 45.4 Å². The fraction of sp³-hybridized carbons (Fsp3) is 0.167. The van der Waals surface area contributed by atoms with E-state index in [9.17, 15) is 0 Å². The van der Waals surface area contributed by atoms with Crippen LogP contribution in [0.25, 0.3) is 0 Å². The summed E-state index contributed by atoms with van der Waals surface area (Å²) in [5.74, 6) is 0.717. The van der Waals surface area contributed by atoms with Crippen molar-refractivity contribution in [2.24, 2.45) is 0 Å². The van der Waals surface area contributed by atoms with E-state index < -0.39 is 0 Å². The summed E-state index contributed by atoms with van der Waals surface area (Å²) in [6.07, 6.45) is 2.11. The Hall–Kier alpha value is -1.57. The van der Waals surface area contributed by atoms with E-state index in [4.69, 9.17) is 21.6 Å². The number of nitrogens with zero attached hydrogens (tertiary/aromatic N) is 2. The average molecular weight is 265 g/mol. The molecule has 0 saturated heterocycles. The summed E-state index contributed by atoms with van der Waals surface area (Å²) in [7, 11) is 0. The second kappa shape index (κ2) is 5.67. The van der Waals surface area contributed by atoms with E-state index in [1.165, 1.54) is 11.3 Å². The van der Waals surface area contributed by atoms with Gasteiger partial charge in [0.15, 0.2) is 0 Å². The molecule has 0 bridgehead atoms. The Morgan fingerprint density at radius 3 is 3.12 bits per heavy atom. The molecule has 2 rings (SSSR count). The van der Waals surface area contributed by atoms with Gasteiger partial charge in [0.05, 0.1) is 12.5 Å². The summed E-state index contributed by atoms with van der Waals surface area (Å²) >= 11 is 7.33. The van der Waals surface area contributed by atoms with Crippen molar-refractivity contribution in [1.29, 1.82) is 5.26 Å². The number of ether oxygens (including phenoxy) is 1. The summed E-state index contributed by atoms with van der Waals surface area (Å²) in [5.41, 5.74) is 0. The monoisotopic (exact) mass is 264 g/mol. The van der Waals surface area contributed by atoms with Gasteiger partial charge in [-0.1, -0.05) is 17.7 Å². The first-order chi connectivity index (χ1) is 8.28. The van der Waals surface area contributed by atoms with Crippen LogP contribution in [0.4, 0.5) is 0 Å². The Morgan fingerprint density at radius 2 is 2.35 bits per heavy atom. The minimum absolute atomic E-state index is 0.398. The number of hydrogen-bond donors (Lipinski definition) is 0. The molecule has 0 atom stereocenters. The van der Waals surface area contributed by atoms with Gasteiger partial charge in [-0.3, -0.25) is 0 Å². The quantitative estimate of drug-likeness (QED) is 0.850. The van der Waals surface area contributed by atoms with Gasteiger partial charge >= 0.3 is 0 Å². The minimum Gasteiger partial charge on any atom is -0.486 e. The molecule has 0 amide bonds. The first kappa shape index (κ1) is 11.9. The van der Waals surface area contributed by atoms with Gasteiger partial charge in [-0.05, 0) is 18.2 Å². The van der Waals surface area contributed by atoms with Gasteiger partial charge in [0.1, 0.15) is 17.4 Å². The predicted molar refractivity (Wildman–Crippen MR) is 67.2 cm³/mol. The highest BCUT2D eigenvalue weighted by atomic mass is 35.5. The summed E-state index contributed by atoms with van der Waals surface area (Å²) < 4.78 is 5.54. The molecule has 2 aromatic rings. The number of benzene rings is 1. The van der Waals surface area contributed by atoms with Gasteiger partial charge in [0.25, 0.3) is 0 Å². The molecule has 1 aromatic heterocycles. The zero-order valence-corrected chi connectivity index (χ0v) is 10.5. The zero-order chi connectivity index (χ0) is 12.1. The van der Waals surface area contributed by atoms with Crippen LogP contribution in [0.3, 0.4) is 0 Å². The number of nitriles is 1. The third kappa shape index (κ3) is 3.45. The van der Waals surface area contributed by atoms with Crippen LogP contribution in [-0.2, 0) is 13.0 Å². The van der Waals surface area contributed by atoms with Crippen LogP contribution in [-0.4, -0.2) is 4.98 Å². The van der Waals surface area contributed by atoms with Crippen molar-refractivity contribution in [2.45, 2.75) is 13.0 Å². The molecular formula is C12H9ClN2OS. The molecule has 1 aromatic carbocycles. The van der Waals surface area contributed by atoms with Crippen LogP contribution in [0.15, 0.2) is 30.5 Å². The van der Waals surface area contributed by atoms with Crippen molar-refractivity contribution in [2.75, 3.05) is 0 Å². The average Bonchev–Trinajstić information content (AvgIpc) is 2.75. The maximum absolute atomic E-state index is 8.55. The summed E-state index contributed by atoms with van der Waals surface area (Å²) in [6.45, 7) is 0.399. The number of hydrogen-bond acceptors (Lipinski definition) is 4. The molecule has 0 saturated carbocycles. The molecule has 0 aliphatic carbocycles. The summed E-state index contributed by atoms with van der Waals surface area (Å²) in [4.78, 5) is 5.14. The Kier molecular flexibility index (Phi) is 3.97. The van der Waals surface area contributed by atoms with E-state index in [-0.39, 0.29) is 0 Å². The lowest BCUT2D eigenvalue weighted by atomic mass is 10.3. The van der Waals surface area contributed by atoms with Crippen LogP contribution in [0.1, 0.15) is 9.88 Å². The fourth-order valence-electron chi connectivity index (χ4n) is 1.28. The van der Waals surface area contributed by atoms with Gasteiger partial charge < -0.3 is 4.74 Å². The Bertz CT molecular complexity index is 547. The lowest BCUT2D eigenvalue weighted by Gasteiger charge is -2.03. The smallest absolute Gasteiger partial charge is 0.140 e. The Balaban J connectivity index is 1.95. The van der Waals surface area contributed by atoms with E-state index in [0.29, 0.717) is 18.1 Å². The molecule has 0 fully saturated rings. The number of thiazole rings is 1. The topological polar surface area (TPSA) is 45.9 Å².